The lowest BCUT2D eigenvalue weighted by atomic mass is 9.85. The van der Waals surface area contributed by atoms with E-state index in [1.54, 1.807) is 0 Å². The van der Waals surface area contributed by atoms with Gasteiger partial charge in [-0.15, -0.1) is 0 Å². The predicted molar refractivity (Wildman–Crippen MR) is 60.6 cm³/mol. The Bertz CT molecular complexity index is 433. The minimum atomic E-state index is -0.769. The number of carboxylic acids is 1. The van der Waals surface area contributed by atoms with E-state index >= 15 is 0 Å². The van der Waals surface area contributed by atoms with Gasteiger partial charge < -0.3 is 15.7 Å². The summed E-state index contributed by atoms with van der Waals surface area (Å²) >= 11 is 0. The van der Waals surface area contributed by atoms with Crippen LogP contribution in [0.1, 0.15) is 17.9 Å². The summed E-state index contributed by atoms with van der Waals surface area (Å²) in [7, 11) is 0. The number of hydrogen-bond donors (Lipinski definition) is 3. The van der Waals surface area contributed by atoms with E-state index in [1.165, 1.54) is 5.56 Å². The summed E-state index contributed by atoms with van der Waals surface area (Å²) in [6.45, 7) is 0.772. The first-order valence-corrected chi connectivity index (χ1v) is 5.59. The van der Waals surface area contributed by atoms with E-state index in [0.29, 0.717) is 5.92 Å². The molecule has 0 amide bonds. The topological polar surface area (TPSA) is 61.4 Å². The van der Waals surface area contributed by atoms with Gasteiger partial charge >= 0.3 is 5.97 Å². The molecule has 3 atom stereocenters. The Labute approximate surface area is 93.7 Å². The van der Waals surface area contributed by atoms with Crippen molar-refractivity contribution in [3.63, 3.8) is 0 Å². The van der Waals surface area contributed by atoms with E-state index < -0.39 is 12.0 Å². The summed E-state index contributed by atoms with van der Waals surface area (Å²) < 4.78 is 0. The summed E-state index contributed by atoms with van der Waals surface area (Å²) in [4.78, 5) is 11.1. The maximum absolute atomic E-state index is 11.1. The van der Waals surface area contributed by atoms with Gasteiger partial charge in [-0.05, 0) is 24.6 Å². The van der Waals surface area contributed by atoms with Crippen molar-refractivity contribution in [3.05, 3.63) is 29.8 Å². The first kappa shape index (κ1) is 9.66. The lowest BCUT2D eigenvalue weighted by Crippen LogP contribution is -2.54. The van der Waals surface area contributed by atoms with E-state index in [1.807, 2.05) is 18.2 Å². The van der Waals surface area contributed by atoms with Crippen LogP contribution in [0.25, 0.3) is 0 Å². The first-order valence-electron chi connectivity index (χ1n) is 5.59. The van der Waals surface area contributed by atoms with E-state index in [9.17, 15) is 4.79 Å². The second-order valence-corrected chi connectivity index (χ2v) is 4.42. The fourth-order valence-corrected chi connectivity index (χ4v) is 2.84. The molecule has 1 fully saturated rings. The minimum Gasteiger partial charge on any atom is -0.480 e. The Hall–Kier alpha value is -1.55. The molecule has 16 heavy (non-hydrogen) atoms. The maximum Gasteiger partial charge on any atom is 0.322 e. The van der Waals surface area contributed by atoms with E-state index in [4.69, 9.17) is 5.11 Å². The van der Waals surface area contributed by atoms with Crippen LogP contribution in [0.3, 0.4) is 0 Å². The van der Waals surface area contributed by atoms with Gasteiger partial charge in [0, 0.05) is 11.6 Å². The quantitative estimate of drug-likeness (QED) is 0.658. The molecule has 1 aromatic rings. The molecule has 1 saturated heterocycles. The number of fused-ring (bicyclic) bond motifs is 3. The minimum absolute atomic E-state index is 0.0105. The molecule has 0 radical (unpaired) electrons. The van der Waals surface area contributed by atoms with Gasteiger partial charge in [-0.3, -0.25) is 4.79 Å². The van der Waals surface area contributed by atoms with Crippen molar-refractivity contribution in [1.29, 1.82) is 0 Å². The van der Waals surface area contributed by atoms with Crippen LogP contribution >= 0.6 is 0 Å². The van der Waals surface area contributed by atoms with Crippen molar-refractivity contribution in [1.82, 2.24) is 5.32 Å². The van der Waals surface area contributed by atoms with Gasteiger partial charge in [0.05, 0.1) is 6.04 Å². The molecule has 0 bridgehead atoms. The number of carboxylic acid groups (broad SMARTS) is 1. The molecular weight excluding hydrogens is 204 g/mol. The molecule has 1 aromatic carbocycles. The number of anilines is 1. The molecule has 2 unspecified atom stereocenters. The number of aliphatic carboxylic acids is 1. The Kier molecular flexibility index (Phi) is 2.11. The number of piperidine rings is 1. The SMILES string of the molecule is O=C(O)[C@H]1NCCC2c3ccccc3NC21. The molecule has 84 valence electrons. The first-order chi connectivity index (χ1) is 7.77. The van der Waals surface area contributed by atoms with Gasteiger partial charge in [-0.1, -0.05) is 18.2 Å². The monoisotopic (exact) mass is 218 g/mol. The average Bonchev–Trinajstić information content (AvgIpc) is 2.67. The van der Waals surface area contributed by atoms with Crippen LogP contribution in [0.2, 0.25) is 0 Å². The van der Waals surface area contributed by atoms with E-state index in [2.05, 4.69) is 16.7 Å². The zero-order chi connectivity index (χ0) is 11.1. The van der Waals surface area contributed by atoms with Crippen molar-refractivity contribution in [2.45, 2.75) is 24.4 Å². The Balaban J connectivity index is 1.96. The highest BCUT2D eigenvalue weighted by Crippen LogP contribution is 2.40. The van der Waals surface area contributed by atoms with Gasteiger partial charge in [0.15, 0.2) is 0 Å². The number of carbonyl (C=O) groups is 1. The van der Waals surface area contributed by atoms with Crippen molar-refractivity contribution in [2.24, 2.45) is 0 Å². The standard InChI is InChI=1S/C12H14N2O2/c15-12(16)11-10-8(5-6-13-11)7-3-1-2-4-9(7)14-10/h1-4,8,10-11,13-14H,5-6H2,(H,15,16)/t8?,10?,11-/m0/s1. The normalized spacial score (nSPS) is 31.4. The highest BCUT2D eigenvalue weighted by Gasteiger charge is 2.42. The van der Waals surface area contributed by atoms with Crippen molar-refractivity contribution in [2.75, 3.05) is 11.9 Å². The molecule has 0 saturated carbocycles. The Morgan fingerprint density at radius 1 is 1.38 bits per heavy atom. The number of nitrogens with one attached hydrogen (secondary N) is 2. The van der Waals surface area contributed by atoms with E-state index in [-0.39, 0.29) is 6.04 Å². The zero-order valence-electron chi connectivity index (χ0n) is 8.81. The summed E-state index contributed by atoms with van der Waals surface area (Å²) in [6.07, 6.45) is 0.998. The van der Waals surface area contributed by atoms with Crippen LogP contribution < -0.4 is 10.6 Å². The lowest BCUT2D eigenvalue weighted by Gasteiger charge is -2.32. The molecule has 2 aliphatic rings. The van der Waals surface area contributed by atoms with Crippen LogP contribution in [0, 0.1) is 0 Å². The Morgan fingerprint density at radius 2 is 2.19 bits per heavy atom. The van der Waals surface area contributed by atoms with Gasteiger partial charge in [0.2, 0.25) is 0 Å². The smallest absolute Gasteiger partial charge is 0.322 e. The van der Waals surface area contributed by atoms with Crippen LogP contribution in [0.5, 0.6) is 0 Å². The molecule has 2 aliphatic heterocycles. The molecule has 0 spiro atoms. The van der Waals surface area contributed by atoms with Crippen molar-refractivity contribution >= 4 is 11.7 Å². The summed E-state index contributed by atoms with van der Waals surface area (Å²) in [5.41, 5.74) is 2.35. The molecule has 0 aromatic heterocycles. The number of benzene rings is 1. The number of hydrogen-bond acceptors (Lipinski definition) is 3. The highest BCUT2D eigenvalue weighted by molar-refractivity contribution is 5.77. The summed E-state index contributed by atoms with van der Waals surface area (Å²) in [5, 5.41) is 15.5. The second kappa shape index (κ2) is 3.49. The van der Waals surface area contributed by atoms with Crippen molar-refractivity contribution in [3.8, 4) is 0 Å². The lowest BCUT2D eigenvalue weighted by molar-refractivity contribution is -0.140. The summed E-state index contributed by atoms with van der Waals surface area (Å²) in [6, 6.07) is 7.62. The van der Waals surface area contributed by atoms with Crippen molar-refractivity contribution < 1.29 is 9.90 Å². The van der Waals surface area contributed by atoms with Crippen LogP contribution in [0.4, 0.5) is 5.69 Å². The molecule has 3 rings (SSSR count). The van der Waals surface area contributed by atoms with Crippen LogP contribution in [0.15, 0.2) is 24.3 Å². The van der Waals surface area contributed by atoms with Gasteiger partial charge in [0.25, 0.3) is 0 Å². The molecule has 0 aliphatic carbocycles. The fourth-order valence-electron chi connectivity index (χ4n) is 2.84. The molecule has 2 heterocycles. The zero-order valence-corrected chi connectivity index (χ0v) is 8.81. The molecule has 4 nitrogen and oxygen atoms in total. The van der Waals surface area contributed by atoms with Gasteiger partial charge in [-0.2, -0.15) is 0 Å². The maximum atomic E-state index is 11.1. The Morgan fingerprint density at radius 3 is 3.00 bits per heavy atom. The van der Waals surface area contributed by atoms with Gasteiger partial charge in [-0.25, -0.2) is 0 Å². The largest absolute Gasteiger partial charge is 0.480 e. The van der Waals surface area contributed by atoms with E-state index in [0.717, 1.165) is 18.7 Å². The number of rotatable bonds is 1. The summed E-state index contributed by atoms with van der Waals surface area (Å²) in [5.74, 6) is -0.437. The van der Waals surface area contributed by atoms with Crippen LogP contribution in [-0.2, 0) is 4.79 Å². The fraction of sp³-hybridized carbons (Fsp3) is 0.417. The van der Waals surface area contributed by atoms with Crippen LogP contribution in [-0.4, -0.2) is 29.7 Å². The average molecular weight is 218 g/mol. The van der Waals surface area contributed by atoms with Gasteiger partial charge in [0.1, 0.15) is 6.04 Å². The molecule has 3 N–H and O–H groups in total. The molecular formula is C12H14N2O2. The highest BCUT2D eigenvalue weighted by atomic mass is 16.4. The molecule has 4 heteroatoms. The second-order valence-electron chi connectivity index (χ2n) is 4.42. The third-order valence-electron chi connectivity index (χ3n) is 3.56. The predicted octanol–water partition coefficient (Wildman–Crippen LogP) is 1.01. The number of para-hydroxylation sites is 1. The third-order valence-corrected chi connectivity index (χ3v) is 3.56. The third kappa shape index (κ3) is 1.30.